The maximum absolute atomic E-state index is 6.13. The minimum absolute atomic E-state index is 0.140. The van der Waals surface area contributed by atoms with Crippen molar-refractivity contribution in [3.63, 3.8) is 0 Å². The molecule has 0 aromatic heterocycles. The highest BCUT2D eigenvalue weighted by Crippen LogP contribution is 2.37. The molecular weight excluding hydrogens is 194 g/mol. The van der Waals surface area contributed by atoms with Crippen molar-refractivity contribution < 1.29 is 9.26 Å². The molecule has 0 aliphatic carbocycles. The van der Waals surface area contributed by atoms with E-state index in [0.717, 1.165) is 6.42 Å². The highest BCUT2D eigenvalue weighted by atomic mass is 28.4. The molecule has 0 rings (SSSR count). The first-order valence-corrected chi connectivity index (χ1v) is 8.15. The summed E-state index contributed by atoms with van der Waals surface area (Å²) in [6.45, 7) is 13.8. The van der Waals surface area contributed by atoms with Gasteiger partial charge in [-0.2, -0.15) is 0 Å². The predicted molar refractivity (Wildman–Crippen MR) is 62.5 cm³/mol. The molecule has 0 unspecified atom stereocenters. The largest absolute Gasteiger partial charge is 0.412 e. The average molecular weight is 219 g/mol. The van der Waals surface area contributed by atoms with Gasteiger partial charge >= 0.3 is 0 Å². The van der Waals surface area contributed by atoms with E-state index >= 15 is 0 Å². The van der Waals surface area contributed by atoms with E-state index in [1.165, 1.54) is 0 Å². The van der Waals surface area contributed by atoms with Gasteiger partial charge in [0.15, 0.2) is 8.32 Å². The highest BCUT2D eigenvalue weighted by Gasteiger charge is 2.38. The van der Waals surface area contributed by atoms with Gasteiger partial charge < -0.3 is 9.26 Å². The fraction of sp³-hybridized carbons (Fsp3) is 1.00. The summed E-state index contributed by atoms with van der Waals surface area (Å²) in [6, 6.07) is 0. The summed E-state index contributed by atoms with van der Waals surface area (Å²) in [7, 11) is -1.66. The maximum atomic E-state index is 6.13. The Morgan fingerprint density at radius 3 is 2.07 bits per heavy atom. The molecule has 86 valence electrons. The van der Waals surface area contributed by atoms with Crippen LogP contribution in [0.15, 0.2) is 0 Å². The van der Waals surface area contributed by atoms with Gasteiger partial charge in [0.05, 0.1) is 12.7 Å². The Balaban J connectivity index is 4.32. The van der Waals surface area contributed by atoms with E-state index in [1.807, 2.05) is 0 Å². The second-order valence-electron chi connectivity index (χ2n) is 5.24. The van der Waals surface area contributed by atoms with Gasteiger partial charge in [0.2, 0.25) is 0 Å². The molecule has 4 heteroatoms. The van der Waals surface area contributed by atoms with Gasteiger partial charge in [-0.15, -0.1) is 0 Å². The molecule has 0 spiro atoms. The van der Waals surface area contributed by atoms with Crippen LogP contribution < -0.4 is 5.90 Å². The van der Waals surface area contributed by atoms with Crippen LogP contribution in [0.3, 0.4) is 0 Å². The van der Waals surface area contributed by atoms with E-state index in [9.17, 15) is 0 Å². The Morgan fingerprint density at radius 2 is 1.79 bits per heavy atom. The first kappa shape index (κ1) is 14.1. The Labute approximate surface area is 89.0 Å². The summed E-state index contributed by atoms with van der Waals surface area (Å²) >= 11 is 0. The standard InChI is InChI=1S/C10H25NO2Si/c1-7-9(8-12-11)13-14(5,6)10(2,3)4/h9H,7-8,11H2,1-6H3/t9-/m0/s1. The normalized spacial score (nSPS) is 15.6. The van der Waals surface area contributed by atoms with Crippen molar-refractivity contribution in [2.45, 2.75) is 58.4 Å². The van der Waals surface area contributed by atoms with E-state index in [2.05, 4.69) is 45.6 Å². The monoisotopic (exact) mass is 219 g/mol. The second kappa shape index (κ2) is 5.26. The lowest BCUT2D eigenvalue weighted by molar-refractivity contribution is 0.0410. The molecule has 14 heavy (non-hydrogen) atoms. The van der Waals surface area contributed by atoms with Gasteiger partial charge in [0.1, 0.15) is 0 Å². The molecule has 0 fully saturated rings. The number of rotatable bonds is 5. The summed E-state index contributed by atoms with van der Waals surface area (Å²) in [5.74, 6) is 5.07. The number of nitrogens with two attached hydrogens (primary N) is 1. The van der Waals surface area contributed by atoms with Crippen LogP contribution in [-0.4, -0.2) is 21.0 Å². The molecule has 0 radical (unpaired) electrons. The Bertz CT molecular complexity index is 166. The molecule has 0 saturated heterocycles. The van der Waals surface area contributed by atoms with Crippen molar-refractivity contribution in [3.05, 3.63) is 0 Å². The lowest BCUT2D eigenvalue weighted by Gasteiger charge is -2.38. The van der Waals surface area contributed by atoms with Crippen molar-refractivity contribution in [3.8, 4) is 0 Å². The summed E-state index contributed by atoms with van der Waals surface area (Å²) in [4.78, 5) is 4.65. The smallest absolute Gasteiger partial charge is 0.192 e. The lowest BCUT2D eigenvalue weighted by atomic mass is 10.2. The van der Waals surface area contributed by atoms with E-state index in [1.54, 1.807) is 0 Å². The van der Waals surface area contributed by atoms with E-state index in [4.69, 9.17) is 10.3 Å². The summed E-state index contributed by atoms with van der Waals surface area (Å²) in [6.07, 6.45) is 1.09. The molecule has 2 N–H and O–H groups in total. The van der Waals surface area contributed by atoms with Crippen LogP contribution in [0, 0.1) is 0 Å². The van der Waals surface area contributed by atoms with E-state index < -0.39 is 8.32 Å². The zero-order valence-corrected chi connectivity index (χ0v) is 11.4. The predicted octanol–water partition coefficient (Wildman–Crippen LogP) is 2.68. The fourth-order valence-corrected chi connectivity index (χ4v) is 2.36. The van der Waals surface area contributed by atoms with Gasteiger partial charge in [-0.25, -0.2) is 5.90 Å². The zero-order valence-electron chi connectivity index (χ0n) is 10.4. The van der Waals surface area contributed by atoms with Crippen LogP contribution in [0.1, 0.15) is 34.1 Å². The van der Waals surface area contributed by atoms with Crippen molar-refractivity contribution in [2.75, 3.05) is 6.61 Å². The van der Waals surface area contributed by atoms with Gasteiger partial charge in [-0.1, -0.05) is 27.7 Å². The molecule has 0 aliphatic heterocycles. The first-order chi connectivity index (χ1) is 6.24. The topological polar surface area (TPSA) is 44.5 Å². The van der Waals surface area contributed by atoms with Gasteiger partial charge in [-0.3, -0.25) is 0 Å². The zero-order chi connectivity index (χ0) is 11.4. The van der Waals surface area contributed by atoms with Gasteiger partial charge in [0.25, 0.3) is 0 Å². The Hall–Kier alpha value is 0.0969. The van der Waals surface area contributed by atoms with Crippen LogP contribution in [0.5, 0.6) is 0 Å². The fourth-order valence-electron chi connectivity index (χ4n) is 0.936. The maximum Gasteiger partial charge on any atom is 0.192 e. The molecule has 3 nitrogen and oxygen atoms in total. The Kier molecular flexibility index (Phi) is 5.29. The molecular formula is C10H25NO2Si. The summed E-state index contributed by atoms with van der Waals surface area (Å²) < 4.78 is 6.13. The van der Waals surface area contributed by atoms with Crippen LogP contribution in [-0.2, 0) is 9.26 Å². The SMILES string of the molecule is CC[C@@H](CON)O[Si](C)(C)C(C)(C)C. The molecule has 0 heterocycles. The molecule has 0 aromatic carbocycles. The number of hydrogen-bond acceptors (Lipinski definition) is 3. The minimum Gasteiger partial charge on any atom is -0.412 e. The van der Waals surface area contributed by atoms with Gasteiger partial charge in [-0.05, 0) is 24.6 Å². The van der Waals surface area contributed by atoms with E-state index in [-0.39, 0.29) is 11.1 Å². The van der Waals surface area contributed by atoms with Crippen LogP contribution in [0.4, 0.5) is 0 Å². The molecule has 0 aromatic rings. The highest BCUT2D eigenvalue weighted by molar-refractivity contribution is 6.74. The molecule has 0 amide bonds. The van der Waals surface area contributed by atoms with Crippen molar-refractivity contribution >= 4 is 8.32 Å². The molecule has 0 aliphatic rings. The molecule has 0 bridgehead atoms. The quantitative estimate of drug-likeness (QED) is 0.571. The van der Waals surface area contributed by atoms with Crippen molar-refractivity contribution in [1.29, 1.82) is 0 Å². The van der Waals surface area contributed by atoms with Crippen LogP contribution in [0.25, 0.3) is 0 Å². The van der Waals surface area contributed by atoms with Crippen molar-refractivity contribution in [1.82, 2.24) is 0 Å². The summed E-state index contributed by atoms with van der Waals surface area (Å²) in [5, 5.41) is 0.245. The molecule has 1 atom stereocenters. The summed E-state index contributed by atoms with van der Waals surface area (Å²) in [5.41, 5.74) is 0. The van der Waals surface area contributed by atoms with Gasteiger partial charge in [0, 0.05) is 0 Å². The number of hydrogen-bond donors (Lipinski definition) is 1. The first-order valence-electron chi connectivity index (χ1n) is 5.24. The minimum atomic E-state index is -1.66. The third kappa shape index (κ3) is 4.08. The third-order valence-corrected chi connectivity index (χ3v) is 7.54. The lowest BCUT2D eigenvalue weighted by Crippen LogP contribution is -2.45. The van der Waals surface area contributed by atoms with Crippen molar-refractivity contribution in [2.24, 2.45) is 5.90 Å². The second-order valence-corrected chi connectivity index (χ2v) is 10.00. The third-order valence-electron chi connectivity index (χ3n) is 3.00. The van der Waals surface area contributed by atoms with Crippen LogP contribution >= 0.6 is 0 Å². The average Bonchev–Trinajstić information content (AvgIpc) is 2.01. The Morgan fingerprint density at radius 1 is 1.29 bits per heavy atom. The van der Waals surface area contributed by atoms with E-state index in [0.29, 0.717) is 6.61 Å². The van der Waals surface area contributed by atoms with Crippen LogP contribution in [0.2, 0.25) is 18.1 Å². The molecule has 0 saturated carbocycles.